The zero-order chi connectivity index (χ0) is 24.9. The number of carbonyl (C=O) groups is 1. The lowest BCUT2D eigenvalue weighted by atomic mass is 10.2. The van der Waals surface area contributed by atoms with Crippen LogP contribution in [0.25, 0.3) is 0 Å². The van der Waals surface area contributed by atoms with Gasteiger partial charge in [-0.3, -0.25) is 4.79 Å². The fraction of sp³-hybridized carbons (Fsp3) is 0.381. The molecule has 0 aromatic heterocycles. The zero-order valence-electron chi connectivity index (χ0n) is 18.4. The Morgan fingerprint density at radius 3 is 2.21 bits per heavy atom. The van der Waals surface area contributed by atoms with E-state index in [1.165, 1.54) is 16.4 Å². The summed E-state index contributed by atoms with van der Waals surface area (Å²) in [6, 6.07) is 10.9. The molecule has 2 aromatic carbocycles. The van der Waals surface area contributed by atoms with E-state index < -0.39 is 26.0 Å². The van der Waals surface area contributed by atoms with Crippen molar-refractivity contribution in [2.75, 3.05) is 39.1 Å². The molecule has 9 nitrogen and oxygen atoms in total. The lowest BCUT2D eigenvalue weighted by molar-refractivity contribution is -0.121. The van der Waals surface area contributed by atoms with E-state index in [0.29, 0.717) is 42.5 Å². The molecule has 1 aliphatic heterocycles. The van der Waals surface area contributed by atoms with Crippen molar-refractivity contribution in [1.29, 1.82) is 0 Å². The Hall–Kier alpha value is -1.73. The number of hydrogen-bond donors (Lipinski definition) is 1. The normalized spacial score (nSPS) is 15.4. The molecule has 1 aliphatic rings. The molecule has 0 aliphatic carbocycles. The van der Waals surface area contributed by atoms with Crippen LogP contribution in [-0.2, 0) is 42.7 Å². The number of amides is 1. The van der Waals surface area contributed by atoms with Crippen LogP contribution in [-0.4, -0.2) is 70.5 Å². The number of halogens is 2. The first kappa shape index (κ1) is 26.9. The number of nitrogens with one attached hydrogen (secondary N) is 1. The maximum absolute atomic E-state index is 12.7. The summed E-state index contributed by atoms with van der Waals surface area (Å²) < 4.78 is 57.3. The van der Waals surface area contributed by atoms with E-state index in [2.05, 4.69) is 5.32 Å². The van der Waals surface area contributed by atoms with Gasteiger partial charge in [0.1, 0.15) is 0 Å². The van der Waals surface area contributed by atoms with Gasteiger partial charge < -0.3 is 10.1 Å². The zero-order valence-corrected chi connectivity index (χ0v) is 21.6. The van der Waals surface area contributed by atoms with Gasteiger partial charge in [0.2, 0.25) is 26.0 Å². The van der Waals surface area contributed by atoms with E-state index in [1.807, 2.05) is 0 Å². The van der Waals surface area contributed by atoms with Crippen molar-refractivity contribution >= 4 is 49.2 Å². The molecule has 1 heterocycles. The third kappa shape index (κ3) is 7.14. The molecule has 1 saturated heterocycles. The summed E-state index contributed by atoms with van der Waals surface area (Å²) in [7, 11) is -7.28. The van der Waals surface area contributed by atoms with Crippen molar-refractivity contribution < 1.29 is 26.4 Å². The summed E-state index contributed by atoms with van der Waals surface area (Å²) in [4.78, 5) is 12.6. The molecular formula is C21H25Cl2N3O6S2. The van der Waals surface area contributed by atoms with Gasteiger partial charge in [-0.15, -0.1) is 0 Å². The Balaban J connectivity index is 1.59. The van der Waals surface area contributed by atoms with Crippen LogP contribution in [0.4, 0.5) is 0 Å². The molecule has 2 aromatic rings. The van der Waals surface area contributed by atoms with Crippen LogP contribution in [0.2, 0.25) is 10.0 Å². The molecule has 186 valence electrons. The summed E-state index contributed by atoms with van der Waals surface area (Å²) in [6.07, 6.45) is 1.02. The van der Waals surface area contributed by atoms with Crippen molar-refractivity contribution in [2.45, 2.75) is 18.0 Å². The Morgan fingerprint density at radius 1 is 1.00 bits per heavy atom. The van der Waals surface area contributed by atoms with Crippen molar-refractivity contribution in [3.8, 4) is 0 Å². The van der Waals surface area contributed by atoms with Gasteiger partial charge in [0.25, 0.3) is 0 Å². The highest BCUT2D eigenvalue weighted by Gasteiger charge is 2.26. The van der Waals surface area contributed by atoms with Crippen molar-refractivity contribution in [1.82, 2.24) is 13.9 Å². The van der Waals surface area contributed by atoms with Gasteiger partial charge >= 0.3 is 0 Å². The lowest BCUT2D eigenvalue weighted by Crippen LogP contribution is -2.40. The summed E-state index contributed by atoms with van der Waals surface area (Å²) in [5.41, 5.74) is 1.26. The van der Waals surface area contributed by atoms with Crippen LogP contribution < -0.4 is 5.32 Å². The molecule has 0 saturated carbocycles. The number of rotatable bonds is 9. The molecule has 3 rings (SSSR count). The highest BCUT2D eigenvalue weighted by atomic mass is 35.5. The molecule has 1 N–H and O–H groups in total. The molecule has 34 heavy (non-hydrogen) atoms. The Kier molecular flexibility index (Phi) is 8.96. The quantitative estimate of drug-likeness (QED) is 0.512. The van der Waals surface area contributed by atoms with Crippen LogP contribution in [0, 0.1) is 0 Å². The second-order valence-corrected chi connectivity index (χ2v) is 12.5. The first-order chi connectivity index (χ1) is 16.0. The predicted octanol–water partition coefficient (Wildman–Crippen LogP) is 2.09. The predicted molar refractivity (Wildman–Crippen MR) is 130 cm³/mol. The second kappa shape index (κ2) is 11.3. The number of morpholine rings is 1. The van der Waals surface area contributed by atoms with E-state index in [-0.39, 0.29) is 29.6 Å². The van der Waals surface area contributed by atoms with E-state index >= 15 is 0 Å². The van der Waals surface area contributed by atoms with Gasteiger partial charge in [-0.2, -0.15) is 8.61 Å². The summed E-state index contributed by atoms with van der Waals surface area (Å²) in [6.45, 7) is 1.01. The molecular weight excluding hydrogens is 525 g/mol. The van der Waals surface area contributed by atoms with Crippen LogP contribution in [0.5, 0.6) is 0 Å². The Morgan fingerprint density at radius 2 is 1.62 bits per heavy atom. The average molecular weight is 550 g/mol. The van der Waals surface area contributed by atoms with Crippen LogP contribution in [0.1, 0.15) is 11.1 Å². The van der Waals surface area contributed by atoms with Gasteiger partial charge in [0.15, 0.2) is 0 Å². The molecule has 0 bridgehead atoms. The highest BCUT2D eigenvalue weighted by molar-refractivity contribution is 7.89. The topological polar surface area (TPSA) is 113 Å². The van der Waals surface area contributed by atoms with Gasteiger partial charge in [-0.1, -0.05) is 41.4 Å². The van der Waals surface area contributed by atoms with Crippen LogP contribution in [0.3, 0.4) is 0 Å². The van der Waals surface area contributed by atoms with Crippen molar-refractivity contribution in [3.05, 3.63) is 63.6 Å². The van der Waals surface area contributed by atoms with Crippen molar-refractivity contribution in [2.24, 2.45) is 0 Å². The minimum absolute atomic E-state index is 0.0444. The number of sulfonamides is 2. The minimum atomic E-state index is -3.68. The molecule has 0 unspecified atom stereocenters. The molecule has 0 radical (unpaired) electrons. The third-order valence-electron chi connectivity index (χ3n) is 5.15. The SMILES string of the molecule is CS(=O)(=O)N(CC(=O)NCc1ccc(S(=O)(=O)N2CCOCC2)cc1)Cc1ccc(Cl)c(Cl)c1. The number of hydrogen-bond acceptors (Lipinski definition) is 6. The average Bonchev–Trinajstić information content (AvgIpc) is 2.80. The summed E-state index contributed by atoms with van der Waals surface area (Å²) in [5.74, 6) is -0.504. The second-order valence-electron chi connectivity index (χ2n) is 7.72. The lowest BCUT2D eigenvalue weighted by Gasteiger charge is -2.26. The molecule has 13 heteroatoms. The first-order valence-corrected chi connectivity index (χ1v) is 14.3. The van der Waals surface area contributed by atoms with Crippen LogP contribution in [0.15, 0.2) is 47.4 Å². The molecule has 0 atom stereocenters. The smallest absolute Gasteiger partial charge is 0.243 e. The highest BCUT2D eigenvalue weighted by Crippen LogP contribution is 2.23. The maximum Gasteiger partial charge on any atom is 0.243 e. The molecule has 1 amide bonds. The largest absolute Gasteiger partial charge is 0.379 e. The minimum Gasteiger partial charge on any atom is -0.379 e. The summed E-state index contributed by atoms with van der Waals surface area (Å²) >= 11 is 11.9. The first-order valence-electron chi connectivity index (χ1n) is 10.3. The standard InChI is InChI=1S/C21H25Cl2N3O6S2/c1-33(28,29)26(14-17-4-7-19(22)20(23)12-17)15-21(27)24-13-16-2-5-18(6-3-16)34(30,31)25-8-10-32-11-9-25/h2-7,12H,8-11,13-15H2,1H3,(H,24,27). The Labute approximate surface area is 209 Å². The number of nitrogens with zero attached hydrogens (tertiary/aromatic N) is 2. The molecule has 0 spiro atoms. The third-order valence-corrected chi connectivity index (χ3v) is 9.00. The molecule has 1 fully saturated rings. The van der Waals surface area contributed by atoms with Crippen LogP contribution >= 0.6 is 23.2 Å². The van der Waals surface area contributed by atoms with Gasteiger partial charge in [0, 0.05) is 26.2 Å². The van der Waals surface area contributed by atoms with E-state index in [9.17, 15) is 21.6 Å². The number of ether oxygens (including phenoxy) is 1. The summed E-state index contributed by atoms with van der Waals surface area (Å²) in [5, 5.41) is 3.29. The fourth-order valence-electron chi connectivity index (χ4n) is 3.26. The van der Waals surface area contributed by atoms with E-state index in [4.69, 9.17) is 27.9 Å². The number of carbonyl (C=O) groups excluding carboxylic acids is 1. The monoisotopic (exact) mass is 549 g/mol. The fourth-order valence-corrected chi connectivity index (χ4v) is 5.73. The van der Waals surface area contributed by atoms with E-state index in [1.54, 1.807) is 30.3 Å². The van der Waals surface area contributed by atoms with Gasteiger partial charge in [0.05, 0.1) is 41.0 Å². The van der Waals surface area contributed by atoms with Crippen molar-refractivity contribution in [3.63, 3.8) is 0 Å². The number of benzene rings is 2. The Bertz CT molecular complexity index is 1230. The van der Waals surface area contributed by atoms with E-state index in [0.717, 1.165) is 10.6 Å². The van der Waals surface area contributed by atoms with Gasteiger partial charge in [-0.25, -0.2) is 16.8 Å². The maximum atomic E-state index is 12.7. The van der Waals surface area contributed by atoms with Gasteiger partial charge in [-0.05, 0) is 35.4 Å².